The molecule has 1 heterocycles. The monoisotopic (exact) mass is 342 g/mol. The third kappa shape index (κ3) is 3.82. The highest BCUT2D eigenvalue weighted by Gasteiger charge is 2.20. The molecule has 0 bridgehead atoms. The summed E-state index contributed by atoms with van der Waals surface area (Å²) in [6.45, 7) is 1.60. The molecular formula is C18H15FN2O4. The van der Waals surface area contributed by atoms with Crippen LogP contribution >= 0.6 is 0 Å². The second-order valence-corrected chi connectivity index (χ2v) is 5.23. The highest BCUT2D eigenvalue weighted by atomic mass is 19.1. The van der Waals surface area contributed by atoms with Gasteiger partial charge < -0.3 is 13.9 Å². The van der Waals surface area contributed by atoms with Gasteiger partial charge in [0.25, 0.3) is 5.89 Å². The average molecular weight is 342 g/mol. The molecule has 0 aliphatic rings. The van der Waals surface area contributed by atoms with E-state index >= 15 is 0 Å². The molecule has 0 N–H and O–H groups in total. The van der Waals surface area contributed by atoms with Crippen molar-refractivity contribution in [2.45, 2.75) is 13.0 Å². The molecule has 3 aromatic rings. The van der Waals surface area contributed by atoms with Crippen LogP contribution < -0.4 is 4.74 Å². The van der Waals surface area contributed by atoms with E-state index in [2.05, 4.69) is 10.2 Å². The highest BCUT2D eigenvalue weighted by Crippen LogP contribution is 2.24. The number of nitrogens with zero attached hydrogens (tertiary/aromatic N) is 2. The van der Waals surface area contributed by atoms with Crippen LogP contribution in [0.5, 0.6) is 5.75 Å². The van der Waals surface area contributed by atoms with Crippen LogP contribution in [0.4, 0.5) is 4.39 Å². The molecule has 7 heteroatoms. The van der Waals surface area contributed by atoms with E-state index in [1.54, 1.807) is 38.3 Å². The Morgan fingerprint density at radius 1 is 1.16 bits per heavy atom. The number of rotatable bonds is 5. The van der Waals surface area contributed by atoms with Gasteiger partial charge in [0.15, 0.2) is 6.10 Å². The van der Waals surface area contributed by atoms with Gasteiger partial charge in [-0.15, -0.1) is 10.2 Å². The van der Waals surface area contributed by atoms with Gasteiger partial charge in [-0.1, -0.05) is 6.07 Å². The number of hydrogen-bond acceptors (Lipinski definition) is 6. The van der Waals surface area contributed by atoms with E-state index in [4.69, 9.17) is 13.9 Å². The molecule has 0 aliphatic heterocycles. The summed E-state index contributed by atoms with van der Waals surface area (Å²) in [7, 11) is 1.58. The summed E-state index contributed by atoms with van der Waals surface area (Å²) in [4.78, 5) is 12.0. The minimum absolute atomic E-state index is 0.113. The zero-order valence-electron chi connectivity index (χ0n) is 13.6. The molecule has 0 saturated carbocycles. The molecule has 0 fully saturated rings. The fourth-order valence-electron chi connectivity index (χ4n) is 2.14. The van der Waals surface area contributed by atoms with Gasteiger partial charge in [-0.3, -0.25) is 0 Å². The summed E-state index contributed by atoms with van der Waals surface area (Å²) in [5.74, 6) is -0.0272. The maximum atomic E-state index is 13.2. The van der Waals surface area contributed by atoms with Gasteiger partial charge in [0.05, 0.1) is 12.7 Å². The summed E-state index contributed by atoms with van der Waals surface area (Å²) in [6, 6.07) is 12.4. The Bertz CT molecular complexity index is 877. The van der Waals surface area contributed by atoms with E-state index < -0.39 is 17.9 Å². The number of methoxy groups -OCH3 is 1. The largest absolute Gasteiger partial charge is 0.497 e. The van der Waals surface area contributed by atoms with Crippen molar-refractivity contribution in [1.82, 2.24) is 10.2 Å². The molecule has 1 aromatic heterocycles. The normalized spacial score (nSPS) is 11.8. The summed E-state index contributed by atoms with van der Waals surface area (Å²) >= 11 is 0. The van der Waals surface area contributed by atoms with Crippen LogP contribution in [-0.4, -0.2) is 23.3 Å². The van der Waals surface area contributed by atoms with Crippen LogP contribution in [0.15, 0.2) is 52.9 Å². The van der Waals surface area contributed by atoms with E-state index in [-0.39, 0.29) is 11.5 Å². The van der Waals surface area contributed by atoms with Gasteiger partial charge in [0.2, 0.25) is 5.89 Å². The van der Waals surface area contributed by atoms with Crippen LogP contribution in [0.2, 0.25) is 0 Å². The van der Waals surface area contributed by atoms with Crippen LogP contribution in [-0.2, 0) is 4.74 Å². The Morgan fingerprint density at radius 2 is 1.92 bits per heavy atom. The molecule has 25 heavy (non-hydrogen) atoms. The Labute approximate surface area is 143 Å². The topological polar surface area (TPSA) is 74.5 Å². The fraction of sp³-hybridized carbons (Fsp3) is 0.167. The maximum Gasteiger partial charge on any atom is 0.339 e. The molecule has 0 spiro atoms. The van der Waals surface area contributed by atoms with Crippen molar-refractivity contribution < 1.29 is 23.1 Å². The molecule has 6 nitrogen and oxygen atoms in total. The molecule has 0 amide bonds. The second kappa shape index (κ2) is 7.12. The molecule has 128 valence electrons. The molecule has 2 aromatic carbocycles. The van der Waals surface area contributed by atoms with Crippen LogP contribution in [0.25, 0.3) is 11.5 Å². The fourth-order valence-corrected chi connectivity index (χ4v) is 2.14. The van der Waals surface area contributed by atoms with Gasteiger partial charge in [-0.25, -0.2) is 9.18 Å². The summed E-state index contributed by atoms with van der Waals surface area (Å²) < 4.78 is 29.1. The number of carbonyl (C=O) groups excluding carboxylic acids is 1. The Kier molecular flexibility index (Phi) is 4.74. The summed E-state index contributed by atoms with van der Waals surface area (Å²) in [6.07, 6.45) is -0.768. The maximum absolute atomic E-state index is 13.2. The molecular weight excluding hydrogens is 327 g/mol. The smallest absolute Gasteiger partial charge is 0.339 e. The lowest BCUT2D eigenvalue weighted by Gasteiger charge is -2.09. The van der Waals surface area contributed by atoms with E-state index in [1.807, 2.05) is 0 Å². The van der Waals surface area contributed by atoms with Crippen molar-refractivity contribution in [2.24, 2.45) is 0 Å². The Hall–Kier alpha value is -3.22. The number of carbonyl (C=O) groups is 1. The standard InChI is InChI=1S/C18H15FN2O4/c1-11(24-18(22)13-4-3-5-14(19)10-13)16-20-21-17(25-16)12-6-8-15(23-2)9-7-12/h3-11H,1-2H3. The van der Waals surface area contributed by atoms with Gasteiger partial charge in [0.1, 0.15) is 11.6 Å². The van der Waals surface area contributed by atoms with Crippen LogP contribution in [0.3, 0.4) is 0 Å². The number of benzene rings is 2. The number of ether oxygens (including phenoxy) is 2. The molecule has 1 atom stereocenters. The van der Waals surface area contributed by atoms with E-state index in [0.717, 1.165) is 6.07 Å². The number of esters is 1. The second-order valence-electron chi connectivity index (χ2n) is 5.23. The first-order chi connectivity index (χ1) is 12.1. The van der Waals surface area contributed by atoms with Gasteiger partial charge >= 0.3 is 5.97 Å². The molecule has 3 rings (SSSR count). The summed E-state index contributed by atoms with van der Waals surface area (Å²) in [5.41, 5.74) is 0.824. The predicted molar refractivity (Wildman–Crippen MR) is 86.5 cm³/mol. The lowest BCUT2D eigenvalue weighted by molar-refractivity contribution is 0.0279. The van der Waals surface area contributed by atoms with Crippen molar-refractivity contribution in [3.05, 3.63) is 65.8 Å². The molecule has 0 radical (unpaired) electrons. The van der Waals surface area contributed by atoms with Crippen LogP contribution in [0.1, 0.15) is 29.3 Å². The molecule has 1 unspecified atom stereocenters. The van der Waals surface area contributed by atoms with Crippen molar-refractivity contribution >= 4 is 5.97 Å². The molecule has 0 saturated heterocycles. The van der Waals surface area contributed by atoms with Crippen molar-refractivity contribution in [2.75, 3.05) is 7.11 Å². The number of hydrogen-bond donors (Lipinski definition) is 0. The zero-order valence-corrected chi connectivity index (χ0v) is 13.6. The lowest BCUT2D eigenvalue weighted by Crippen LogP contribution is -2.09. The Morgan fingerprint density at radius 3 is 2.60 bits per heavy atom. The van der Waals surface area contributed by atoms with Crippen molar-refractivity contribution in [3.8, 4) is 17.2 Å². The van der Waals surface area contributed by atoms with E-state index in [9.17, 15) is 9.18 Å². The van der Waals surface area contributed by atoms with E-state index in [1.165, 1.54) is 18.2 Å². The number of aromatic nitrogens is 2. The minimum atomic E-state index is -0.768. The summed E-state index contributed by atoms with van der Waals surface area (Å²) in [5, 5.41) is 7.85. The third-order valence-electron chi connectivity index (χ3n) is 3.47. The molecule has 0 aliphatic carbocycles. The zero-order chi connectivity index (χ0) is 17.8. The SMILES string of the molecule is COc1ccc(-c2nnc(C(C)OC(=O)c3cccc(F)c3)o2)cc1. The first kappa shape index (κ1) is 16.6. The predicted octanol–water partition coefficient (Wildman–Crippen LogP) is 3.80. The minimum Gasteiger partial charge on any atom is -0.497 e. The average Bonchev–Trinajstić information content (AvgIpc) is 3.12. The van der Waals surface area contributed by atoms with Crippen molar-refractivity contribution in [1.29, 1.82) is 0 Å². The quantitative estimate of drug-likeness (QED) is 0.657. The Balaban J connectivity index is 1.71. The lowest BCUT2D eigenvalue weighted by atomic mass is 10.2. The van der Waals surface area contributed by atoms with Crippen molar-refractivity contribution in [3.63, 3.8) is 0 Å². The van der Waals surface area contributed by atoms with Gasteiger partial charge in [0, 0.05) is 5.56 Å². The number of halogens is 1. The third-order valence-corrected chi connectivity index (χ3v) is 3.47. The first-order valence-corrected chi connectivity index (χ1v) is 7.51. The van der Waals surface area contributed by atoms with Crippen LogP contribution in [0, 0.1) is 5.82 Å². The van der Waals surface area contributed by atoms with E-state index in [0.29, 0.717) is 17.2 Å². The van der Waals surface area contributed by atoms with Gasteiger partial charge in [-0.05, 0) is 49.4 Å². The highest BCUT2D eigenvalue weighted by molar-refractivity contribution is 5.89. The van der Waals surface area contributed by atoms with Gasteiger partial charge in [-0.2, -0.15) is 0 Å². The first-order valence-electron chi connectivity index (χ1n) is 7.51.